The third kappa shape index (κ3) is 9.93. The van der Waals surface area contributed by atoms with E-state index in [1.54, 1.807) is 13.8 Å². The summed E-state index contributed by atoms with van der Waals surface area (Å²) in [5, 5.41) is 10.8. The van der Waals surface area contributed by atoms with Crippen molar-refractivity contribution in [2.45, 2.75) is 65.1 Å². The maximum atomic E-state index is 14.0. The van der Waals surface area contributed by atoms with Crippen molar-refractivity contribution in [2.75, 3.05) is 13.7 Å². The summed E-state index contributed by atoms with van der Waals surface area (Å²) >= 11 is 5.75. The van der Waals surface area contributed by atoms with Gasteiger partial charge in [-0.2, -0.15) is 0 Å². The molecule has 1 aliphatic rings. The van der Waals surface area contributed by atoms with Crippen molar-refractivity contribution >= 4 is 47.3 Å². The van der Waals surface area contributed by atoms with Crippen LogP contribution in [0.3, 0.4) is 0 Å². The van der Waals surface area contributed by atoms with Crippen LogP contribution in [0.2, 0.25) is 5.02 Å². The quantitative estimate of drug-likeness (QED) is 0.208. The highest BCUT2D eigenvalue weighted by atomic mass is 35.5. The Morgan fingerprint density at radius 2 is 1.77 bits per heavy atom. The summed E-state index contributed by atoms with van der Waals surface area (Å²) in [6.45, 7) is 7.68. The van der Waals surface area contributed by atoms with E-state index in [4.69, 9.17) is 16.3 Å². The predicted molar refractivity (Wildman–Crippen MR) is 148 cm³/mol. The van der Waals surface area contributed by atoms with Gasteiger partial charge in [-0.1, -0.05) is 45.4 Å². The fourth-order valence-electron chi connectivity index (χ4n) is 4.29. The number of carbonyl (C=O) groups excluding carboxylic acids is 5. The molecule has 0 radical (unpaired) electrons. The first kappa shape index (κ1) is 32.7. The van der Waals surface area contributed by atoms with Crippen LogP contribution in [-0.4, -0.2) is 61.4 Å². The van der Waals surface area contributed by atoms with Gasteiger partial charge in [0.05, 0.1) is 7.11 Å². The third-order valence-electron chi connectivity index (χ3n) is 6.45. The van der Waals surface area contributed by atoms with Gasteiger partial charge >= 0.3 is 5.97 Å². The average molecular weight is 581 g/mol. The van der Waals surface area contributed by atoms with Gasteiger partial charge in [0.2, 0.25) is 23.6 Å². The molecule has 12 heteroatoms. The normalized spacial score (nSPS) is 17.3. The summed E-state index contributed by atoms with van der Waals surface area (Å²) in [5.74, 6) is -4.13. The summed E-state index contributed by atoms with van der Waals surface area (Å²) < 4.78 is 18.8. The maximum Gasteiger partial charge on any atom is 0.328 e. The van der Waals surface area contributed by atoms with E-state index in [-0.39, 0.29) is 41.2 Å². The van der Waals surface area contributed by atoms with Crippen LogP contribution >= 0.6 is 11.6 Å². The van der Waals surface area contributed by atoms with E-state index in [0.29, 0.717) is 13.0 Å². The molecule has 1 aromatic carbocycles. The minimum atomic E-state index is -1.07. The number of hydrogen-bond donors (Lipinski definition) is 4. The Balaban J connectivity index is 2.12. The van der Waals surface area contributed by atoms with Gasteiger partial charge in [-0.15, -0.1) is 0 Å². The van der Waals surface area contributed by atoms with Crippen molar-refractivity contribution in [2.24, 2.45) is 17.8 Å². The van der Waals surface area contributed by atoms with E-state index < -0.39 is 53.6 Å². The third-order valence-corrected chi connectivity index (χ3v) is 6.68. The second-order valence-corrected chi connectivity index (χ2v) is 11.0. The highest BCUT2D eigenvalue weighted by Gasteiger charge is 2.35. The van der Waals surface area contributed by atoms with Gasteiger partial charge in [-0.05, 0) is 49.3 Å². The lowest BCUT2D eigenvalue weighted by Gasteiger charge is -2.27. The fourth-order valence-corrected chi connectivity index (χ4v) is 4.44. The molecule has 1 aliphatic heterocycles. The van der Waals surface area contributed by atoms with Gasteiger partial charge in [-0.25, -0.2) is 9.18 Å². The van der Waals surface area contributed by atoms with Crippen LogP contribution in [0, 0.1) is 23.6 Å². The number of benzene rings is 1. The van der Waals surface area contributed by atoms with Crippen LogP contribution < -0.4 is 21.3 Å². The van der Waals surface area contributed by atoms with Gasteiger partial charge < -0.3 is 26.0 Å². The van der Waals surface area contributed by atoms with Gasteiger partial charge in [0, 0.05) is 29.1 Å². The lowest BCUT2D eigenvalue weighted by atomic mass is 9.97. The molecule has 0 bridgehead atoms. The largest absolute Gasteiger partial charge is 0.467 e. The molecule has 0 saturated carbocycles. The van der Waals surface area contributed by atoms with Crippen molar-refractivity contribution in [3.63, 3.8) is 0 Å². The molecule has 40 heavy (non-hydrogen) atoms. The number of ether oxygens (including phenoxy) is 1. The first-order valence-corrected chi connectivity index (χ1v) is 13.6. The number of methoxy groups -OCH3 is 1. The van der Waals surface area contributed by atoms with Crippen LogP contribution in [0.1, 0.15) is 52.5 Å². The fraction of sp³-hybridized carbons (Fsp3) is 0.536. The Kier molecular flexibility index (Phi) is 12.6. The van der Waals surface area contributed by atoms with Crippen LogP contribution in [0.15, 0.2) is 24.3 Å². The standard InChI is InChI=1S/C28H38ClFN4O6/c1-15(2)12-21(26(37)33-22(28(39)40-5)13-18-10-11-31-25(18)36)32-27(38)24(16(3)4)34-23(35)9-7-17-6-8-19(29)14-20(17)30/h6-9,14-16,18,21-22,24H,10-13H2,1-5H3,(H,31,36)(H,32,38)(H,33,37)(H,34,35)/b9-7+/t18-,21-,22-,24-/m0/s1. The molecule has 1 fully saturated rings. The van der Waals surface area contributed by atoms with Crippen LogP contribution in [-0.2, 0) is 28.7 Å². The maximum absolute atomic E-state index is 14.0. The predicted octanol–water partition coefficient (Wildman–Crippen LogP) is 2.35. The molecule has 1 saturated heterocycles. The van der Waals surface area contributed by atoms with Crippen LogP contribution in [0.5, 0.6) is 0 Å². The van der Waals surface area contributed by atoms with Crippen molar-refractivity contribution in [1.29, 1.82) is 0 Å². The first-order chi connectivity index (χ1) is 18.8. The Hall–Kier alpha value is -3.47. The van der Waals surface area contributed by atoms with E-state index in [0.717, 1.165) is 12.1 Å². The molecule has 1 heterocycles. The van der Waals surface area contributed by atoms with Gasteiger partial charge in [0.15, 0.2) is 0 Å². The van der Waals surface area contributed by atoms with E-state index in [1.165, 1.54) is 25.3 Å². The monoisotopic (exact) mass is 580 g/mol. The molecule has 10 nitrogen and oxygen atoms in total. The molecular weight excluding hydrogens is 543 g/mol. The van der Waals surface area contributed by atoms with Crippen molar-refractivity contribution in [3.05, 3.63) is 40.7 Å². The second-order valence-electron chi connectivity index (χ2n) is 10.5. The summed E-state index contributed by atoms with van der Waals surface area (Å²) in [6.07, 6.45) is 3.22. The summed E-state index contributed by atoms with van der Waals surface area (Å²) in [4.78, 5) is 63.5. The van der Waals surface area contributed by atoms with Crippen molar-refractivity contribution in [1.82, 2.24) is 21.3 Å². The molecule has 0 aromatic heterocycles. The molecule has 4 N–H and O–H groups in total. The number of carbonyl (C=O) groups is 5. The first-order valence-electron chi connectivity index (χ1n) is 13.2. The Morgan fingerprint density at radius 1 is 1.10 bits per heavy atom. The highest BCUT2D eigenvalue weighted by molar-refractivity contribution is 6.30. The second kappa shape index (κ2) is 15.4. The number of halogens is 2. The highest BCUT2D eigenvalue weighted by Crippen LogP contribution is 2.18. The van der Waals surface area contributed by atoms with Gasteiger partial charge in [0.25, 0.3) is 0 Å². The number of rotatable bonds is 13. The minimum Gasteiger partial charge on any atom is -0.467 e. The van der Waals surface area contributed by atoms with E-state index in [1.807, 2.05) is 13.8 Å². The van der Waals surface area contributed by atoms with E-state index in [9.17, 15) is 28.4 Å². The Bertz CT molecular complexity index is 1130. The molecule has 0 spiro atoms. The Labute approximate surface area is 238 Å². The molecule has 2 rings (SSSR count). The van der Waals surface area contributed by atoms with E-state index >= 15 is 0 Å². The van der Waals surface area contributed by atoms with Crippen molar-refractivity contribution in [3.8, 4) is 0 Å². The molecule has 220 valence electrons. The topological polar surface area (TPSA) is 143 Å². The number of amides is 4. The lowest BCUT2D eigenvalue weighted by Crippen LogP contribution is -2.57. The van der Waals surface area contributed by atoms with Crippen LogP contribution in [0.25, 0.3) is 6.08 Å². The van der Waals surface area contributed by atoms with E-state index in [2.05, 4.69) is 21.3 Å². The molecule has 4 atom stereocenters. The molecule has 1 aromatic rings. The zero-order chi connectivity index (χ0) is 30.0. The van der Waals surface area contributed by atoms with Gasteiger partial charge in [0.1, 0.15) is 23.9 Å². The zero-order valence-electron chi connectivity index (χ0n) is 23.4. The minimum absolute atomic E-state index is 0.00228. The lowest BCUT2D eigenvalue weighted by molar-refractivity contribution is -0.146. The molecule has 0 unspecified atom stereocenters. The SMILES string of the molecule is COC(=O)[C@H](C[C@@H]1CCNC1=O)NC(=O)[C@H](CC(C)C)NC(=O)[C@@H](NC(=O)/C=C/c1ccc(Cl)cc1F)C(C)C. The summed E-state index contributed by atoms with van der Waals surface area (Å²) in [7, 11) is 1.19. The number of hydrogen-bond acceptors (Lipinski definition) is 6. The van der Waals surface area contributed by atoms with Gasteiger partial charge in [-0.3, -0.25) is 19.2 Å². The number of nitrogens with one attached hydrogen (secondary N) is 4. The molecule has 4 amide bonds. The average Bonchev–Trinajstić information content (AvgIpc) is 3.28. The number of esters is 1. The molecule has 0 aliphatic carbocycles. The zero-order valence-corrected chi connectivity index (χ0v) is 24.1. The smallest absolute Gasteiger partial charge is 0.328 e. The molecular formula is C28H38ClFN4O6. The van der Waals surface area contributed by atoms with Crippen molar-refractivity contribution < 1.29 is 33.1 Å². The summed E-state index contributed by atoms with van der Waals surface area (Å²) in [5.41, 5.74) is 0.147. The van der Waals surface area contributed by atoms with Crippen LogP contribution in [0.4, 0.5) is 4.39 Å². The Morgan fingerprint density at radius 3 is 2.33 bits per heavy atom. The summed E-state index contributed by atoms with van der Waals surface area (Å²) in [6, 6.07) is 0.930.